The van der Waals surface area contributed by atoms with E-state index in [1.54, 1.807) is 23.1 Å². The average Bonchev–Trinajstić information content (AvgIpc) is 2.94. The van der Waals surface area contributed by atoms with Gasteiger partial charge in [-0.1, -0.05) is 13.0 Å². The Kier molecular flexibility index (Phi) is 4.69. The van der Waals surface area contributed by atoms with Gasteiger partial charge in [0.1, 0.15) is 0 Å². The van der Waals surface area contributed by atoms with Crippen molar-refractivity contribution in [3.63, 3.8) is 0 Å². The number of piperazine rings is 1. The molecule has 1 aromatic carbocycles. The summed E-state index contributed by atoms with van der Waals surface area (Å²) >= 11 is 0. The summed E-state index contributed by atoms with van der Waals surface area (Å²) < 4.78 is 4.95. The molecule has 0 atom stereocenters. The molecule has 0 spiro atoms. The highest BCUT2D eigenvalue weighted by Crippen LogP contribution is 2.14. The Morgan fingerprint density at radius 2 is 1.79 bits per heavy atom. The van der Waals surface area contributed by atoms with E-state index < -0.39 is 5.76 Å². The summed E-state index contributed by atoms with van der Waals surface area (Å²) in [5.74, 6) is -0.303. The van der Waals surface area contributed by atoms with E-state index in [-0.39, 0.29) is 18.2 Å². The first-order chi connectivity index (χ1) is 11.6. The van der Waals surface area contributed by atoms with Gasteiger partial charge in [0.15, 0.2) is 5.58 Å². The standard InChI is InChI=1S/C17H21N3O4/c1-2-3-15(21)19-6-8-20(9-7-19)16(22)11-12-4-5-14-13(10-12)18-17(23)24-14/h4-5,10H,2-3,6-9,11H2,1H3,(H,18,23). The molecule has 7 nitrogen and oxygen atoms in total. The van der Waals surface area contributed by atoms with Crippen LogP contribution in [0.3, 0.4) is 0 Å². The van der Waals surface area contributed by atoms with Gasteiger partial charge in [0.2, 0.25) is 11.8 Å². The average molecular weight is 331 g/mol. The molecule has 1 aliphatic heterocycles. The van der Waals surface area contributed by atoms with Crippen LogP contribution in [-0.4, -0.2) is 52.8 Å². The van der Waals surface area contributed by atoms with E-state index in [1.807, 2.05) is 11.8 Å². The summed E-state index contributed by atoms with van der Waals surface area (Å²) in [6.45, 7) is 4.32. The van der Waals surface area contributed by atoms with Crippen molar-refractivity contribution in [2.45, 2.75) is 26.2 Å². The Labute approximate surface area is 139 Å². The molecule has 0 aliphatic carbocycles. The maximum atomic E-state index is 12.4. The molecule has 1 aromatic heterocycles. The Morgan fingerprint density at radius 1 is 1.12 bits per heavy atom. The van der Waals surface area contributed by atoms with Crippen LogP contribution in [0.4, 0.5) is 0 Å². The normalized spacial score (nSPS) is 15.0. The monoisotopic (exact) mass is 331 g/mol. The summed E-state index contributed by atoms with van der Waals surface area (Å²) in [6.07, 6.45) is 1.68. The number of amides is 2. The highest BCUT2D eigenvalue weighted by molar-refractivity contribution is 5.81. The van der Waals surface area contributed by atoms with Crippen LogP contribution in [0, 0.1) is 0 Å². The van der Waals surface area contributed by atoms with Crippen LogP contribution >= 0.6 is 0 Å². The van der Waals surface area contributed by atoms with Gasteiger partial charge in [0.25, 0.3) is 0 Å². The lowest BCUT2D eigenvalue weighted by molar-refractivity contribution is -0.139. The predicted octanol–water partition coefficient (Wildman–Crippen LogP) is 1.13. The van der Waals surface area contributed by atoms with E-state index in [4.69, 9.17) is 4.42 Å². The molecule has 0 bridgehead atoms. The third-order valence-electron chi connectivity index (χ3n) is 4.29. The van der Waals surface area contributed by atoms with Crippen molar-refractivity contribution >= 4 is 22.9 Å². The molecule has 1 aliphatic rings. The quantitative estimate of drug-likeness (QED) is 0.910. The minimum atomic E-state index is -0.499. The Morgan fingerprint density at radius 3 is 2.46 bits per heavy atom. The van der Waals surface area contributed by atoms with E-state index >= 15 is 0 Å². The second-order valence-electron chi connectivity index (χ2n) is 6.03. The third kappa shape index (κ3) is 3.50. The fraction of sp³-hybridized carbons (Fsp3) is 0.471. The molecule has 0 unspecified atom stereocenters. The van der Waals surface area contributed by atoms with Gasteiger partial charge in [-0.05, 0) is 24.1 Å². The molecule has 1 saturated heterocycles. The first kappa shape index (κ1) is 16.3. The summed E-state index contributed by atoms with van der Waals surface area (Å²) in [5, 5.41) is 0. The van der Waals surface area contributed by atoms with E-state index in [1.165, 1.54) is 0 Å². The number of H-pyrrole nitrogens is 1. The number of aromatic amines is 1. The molecule has 128 valence electrons. The van der Waals surface area contributed by atoms with Crippen molar-refractivity contribution in [2.24, 2.45) is 0 Å². The molecule has 2 aromatic rings. The number of aromatic nitrogens is 1. The number of carbonyl (C=O) groups excluding carboxylic acids is 2. The van der Waals surface area contributed by atoms with Crippen LogP contribution < -0.4 is 5.76 Å². The van der Waals surface area contributed by atoms with Crippen molar-refractivity contribution in [1.82, 2.24) is 14.8 Å². The Bertz CT molecular complexity index is 800. The largest absolute Gasteiger partial charge is 0.417 e. The van der Waals surface area contributed by atoms with Gasteiger partial charge in [-0.25, -0.2) is 4.79 Å². The van der Waals surface area contributed by atoms with Gasteiger partial charge in [-0.3, -0.25) is 14.6 Å². The van der Waals surface area contributed by atoms with Crippen molar-refractivity contribution < 1.29 is 14.0 Å². The number of oxazole rings is 1. The summed E-state index contributed by atoms with van der Waals surface area (Å²) in [6, 6.07) is 5.24. The molecular formula is C17H21N3O4. The predicted molar refractivity (Wildman–Crippen MR) is 88.6 cm³/mol. The first-order valence-corrected chi connectivity index (χ1v) is 8.24. The molecule has 0 saturated carbocycles. The fourth-order valence-electron chi connectivity index (χ4n) is 2.97. The van der Waals surface area contributed by atoms with Gasteiger partial charge in [0.05, 0.1) is 11.9 Å². The number of nitrogens with one attached hydrogen (secondary N) is 1. The number of hydrogen-bond donors (Lipinski definition) is 1. The maximum absolute atomic E-state index is 12.4. The molecule has 0 radical (unpaired) electrons. The van der Waals surface area contributed by atoms with Crippen molar-refractivity contribution in [3.8, 4) is 0 Å². The van der Waals surface area contributed by atoms with Crippen molar-refractivity contribution in [3.05, 3.63) is 34.3 Å². The van der Waals surface area contributed by atoms with Crippen LogP contribution in [0.15, 0.2) is 27.4 Å². The minimum Gasteiger partial charge on any atom is -0.408 e. The topological polar surface area (TPSA) is 86.6 Å². The SMILES string of the molecule is CCCC(=O)N1CCN(C(=O)Cc2ccc3oc(=O)[nH]c3c2)CC1. The van der Waals surface area contributed by atoms with E-state index in [0.29, 0.717) is 43.7 Å². The molecule has 1 N–H and O–H groups in total. The number of hydrogen-bond acceptors (Lipinski definition) is 4. The van der Waals surface area contributed by atoms with Crippen molar-refractivity contribution in [2.75, 3.05) is 26.2 Å². The number of benzene rings is 1. The second-order valence-corrected chi connectivity index (χ2v) is 6.03. The molecule has 3 rings (SSSR count). The van der Waals surface area contributed by atoms with Crippen LogP contribution in [0.1, 0.15) is 25.3 Å². The highest BCUT2D eigenvalue weighted by atomic mass is 16.4. The smallest absolute Gasteiger partial charge is 0.408 e. The van der Waals surface area contributed by atoms with E-state index in [0.717, 1.165) is 12.0 Å². The number of nitrogens with zero attached hydrogens (tertiary/aromatic N) is 2. The zero-order chi connectivity index (χ0) is 17.1. The lowest BCUT2D eigenvalue weighted by Gasteiger charge is -2.35. The van der Waals surface area contributed by atoms with Crippen LogP contribution in [-0.2, 0) is 16.0 Å². The van der Waals surface area contributed by atoms with Gasteiger partial charge in [-0.2, -0.15) is 0 Å². The molecule has 1 fully saturated rings. The van der Waals surface area contributed by atoms with Gasteiger partial charge >= 0.3 is 5.76 Å². The molecule has 2 heterocycles. The van der Waals surface area contributed by atoms with Crippen LogP contribution in [0.25, 0.3) is 11.1 Å². The second kappa shape index (κ2) is 6.90. The lowest BCUT2D eigenvalue weighted by Crippen LogP contribution is -2.50. The van der Waals surface area contributed by atoms with Crippen LogP contribution in [0.2, 0.25) is 0 Å². The van der Waals surface area contributed by atoms with Gasteiger partial charge in [-0.15, -0.1) is 0 Å². The lowest BCUT2D eigenvalue weighted by atomic mass is 10.1. The summed E-state index contributed by atoms with van der Waals surface area (Å²) in [4.78, 5) is 41.7. The summed E-state index contributed by atoms with van der Waals surface area (Å²) in [7, 11) is 0. The van der Waals surface area contributed by atoms with Crippen LogP contribution in [0.5, 0.6) is 0 Å². The van der Waals surface area contributed by atoms with Crippen molar-refractivity contribution in [1.29, 1.82) is 0 Å². The molecular weight excluding hydrogens is 310 g/mol. The molecule has 24 heavy (non-hydrogen) atoms. The van der Waals surface area contributed by atoms with Gasteiger partial charge < -0.3 is 14.2 Å². The zero-order valence-electron chi connectivity index (χ0n) is 13.7. The third-order valence-corrected chi connectivity index (χ3v) is 4.29. The zero-order valence-corrected chi connectivity index (χ0v) is 13.7. The Balaban J connectivity index is 1.59. The minimum absolute atomic E-state index is 0.0304. The van der Waals surface area contributed by atoms with Gasteiger partial charge in [0, 0.05) is 32.6 Å². The maximum Gasteiger partial charge on any atom is 0.417 e. The first-order valence-electron chi connectivity index (χ1n) is 8.24. The molecule has 7 heteroatoms. The Hall–Kier alpha value is -2.57. The highest BCUT2D eigenvalue weighted by Gasteiger charge is 2.23. The summed E-state index contributed by atoms with van der Waals surface area (Å²) in [5.41, 5.74) is 1.91. The number of carbonyl (C=O) groups is 2. The van der Waals surface area contributed by atoms with E-state index in [9.17, 15) is 14.4 Å². The van der Waals surface area contributed by atoms with E-state index in [2.05, 4.69) is 4.98 Å². The fourth-order valence-corrected chi connectivity index (χ4v) is 2.97. The number of rotatable bonds is 4. The number of fused-ring (bicyclic) bond motifs is 1. The molecule has 2 amide bonds.